The van der Waals surface area contributed by atoms with Crippen molar-refractivity contribution in [1.29, 1.82) is 0 Å². The largest absolute Gasteiger partial charge is 0.481 e. The molecule has 0 fully saturated rings. The van der Waals surface area contributed by atoms with Gasteiger partial charge in [0.25, 0.3) is 0 Å². The van der Waals surface area contributed by atoms with Gasteiger partial charge in [0.1, 0.15) is 5.76 Å². The number of nitrogens with zero attached hydrogens (tertiary/aromatic N) is 2. The lowest BCUT2D eigenvalue weighted by Crippen LogP contribution is -2.29. The van der Waals surface area contributed by atoms with Crippen LogP contribution in [0.1, 0.15) is 30.7 Å². The third-order valence-electron chi connectivity index (χ3n) is 3.23. The van der Waals surface area contributed by atoms with E-state index >= 15 is 0 Å². The molecule has 5 heteroatoms. The number of anilines is 1. The van der Waals surface area contributed by atoms with E-state index in [9.17, 15) is 4.79 Å². The average molecular weight is 274 g/mol. The van der Waals surface area contributed by atoms with Gasteiger partial charge >= 0.3 is 5.97 Å². The summed E-state index contributed by atoms with van der Waals surface area (Å²) in [5, 5.41) is 12.9. The molecule has 0 radical (unpaired) electrons. The number of rotatable bonds is 6. The van der Waals surface area contributed by atoms with Crippen molar-refractivity contribution in [3.8, 4) is 0 Å². The third kappa shape index (κ3) is 3.38. The van der Waals surface area contributed by atoms with Crippen molar-refractivity contribution in [2.24, 2.45) is 0 Å². The van der Waals surface area contributed by atoms with E-state index in [0.29, 0.717) is 18.1 Å². The van der Waals surface area contributed by atoms with E-state index in [-0.39, 0.29) is 12.5 Å². The lowest BCUT2D eigenvalue weighted by molar-refractivity contribution is -0.136. The fraction of sp³-hybridized carbons (Fsp3) is 0.333. The number of carboxylic acid groups (broad SMARTS) is 1. The van der Waals surface area contributed by atoms with Crippen LogP contribution in [0.25, 0.3) is 0 Å². The van der Waals surface area contributed by atoms with E-state index in [1.165, 1.54) is 0 Å². The smallest absolute Gasteiger partial charge is 0.305 e. The Labute approximate surface area is 117 Å². The second-order valence-corrected chi connectivity index (χ2v) is 4.72. The van der Waals surface area contributed by atoms with Crippen molar-refractivity contribution in [3.63, 3.8) is 0 Å². The molecule has 20 heavy (non-hydrogen) atoms. The molecule has 0 spiro atoms. The van der Waals surface area contributed by atoms with Crippen LogP contribution in [-0.4, -0.2) is 22.8 Å². The summed E-state index contributed by atoms with van der Waals surface area (Å²) in [6, 6.07) is 11.8. The summed E-state index contributed by atoms with van der Waals surface area (Å²) >= 11 is 0. The molecular weight excluding hydrogens is 256 g/mol. The minimum absolute atomic E-state index is 0.0278. The van der Waals surface area contributed by atoms with Crippen molar-refractivity contribution < 1.29 is 14.4 Å². The molecule has 5 nitrogen and oxygen atoms in total. The zero-order chi connectivity index (χ0) is 14.5. The van der Waals surface area contributed by atoms with Crippen LogP contribution in [0.5, 0.6) is 0 Å². The molecule has 0 saturated heterocycles. The second kappa shape index (κ2) is 6.23. The number of hydrogen-bond acceptors (Lipinski definition) is 4. The number of aromatic nitrogens is 1. The van der Waals surface area contributed by atoms with Crippen LogP contribution >= 0.6 is 0 Å². The first kappa shape index (κ1) is 14.1. The lowest BCUT2D eigenvalue weighted by atomic mass is 10.1. The first-order valence-corrected chi connectivity index (χ1v) is 6.54. The number of aryl methyl sites for hydroxylation is 1. The Morgan fingerprint density at radius 3 is 2.65 bits per heavy atom. The number of carbonyl (C=O) groups is 1. The highest BCUT2D eigenvalue weighted by Crippen LogP contribution is 2.26. The van der Waals surface area contributed by atoms with Crippen molar-refractivity contribution >= 4 is 11.8 Å². The van der Waals surface area contributed by atoms with Crippen LogP contribution in [0.15, 0.2) is 40.9 Å². The Morgan fingerprint density at radius 1 is 1.40 bits per heavy atom. The zero-order valence-corrected chi connectivity index (χ0v) is 11.6. The normalized spacial score (nSPS) is 12.1. The Bertz CT molecular complexity index is 566. The Kier molecular flexibility index (Phi) is 4.40. The van der Waals surface area contributed by atoms with E-state index in [0.717, 1.165) is 5.56 Å². The summed E-state index contributed by atoms with van der Waals surface area (Å²) in [6.07, 6.45) is 0.0586. The number of hydrogen-bond donors (Lipinski definition) is 1. The highest BCUT2D eigenvalue weighted by Gasteiger charge is 2.20. The summed E-state index contributed by atoms with van der Waals surface area (Å²) in [4.78, 5) is 12.8. The fourth-order valence-corrected chi connectivity index (χ4v) is 2.12. The van der Waals surface area contributed by atoms with Crippen LogP contribution in [0.3, 0.4) is 0 Å². The molecule has 0 aliphatic carbocycles. The fourth-order valence-electron chi connectivity index (χ4n) is 2.12. The number of carboxylic acids is 1. The summed E-state index contributed by atoms with van der Waals surface area (Å²) in [7, 11) is 0. The molecule has 2 rings (SSSR count). The van der Waals surface area contributed by atoms with Gasteiger partial charge in [-0.2, -0.15) is 0 Å². The van der Waals surface area contributed by atoms with Crippen LogP contribution in [0, 0.1) is 6.92 Å². The molecule has 0 aliphatic rings. The molecule has 106 valence electrons. The summed E-state index contributed by atoms with van der Waals surface area (Å²) in [5.41, 5.74) is 1.11. The van der Waals surface area contributed by atoms with Gasteiger partial charge in [0.15, 0.2) is 5.82 Å². The Morgan fingerprint density at radius 2 is 2.10 bits per heavy atom. The number of aliphatic carboxylic acids is 1. The molecule has 0 saturated carbocycles. The highest BCUT2D eigenvalue weighted by atomic mass is 16.5. The summed E-state index contributed by atoms with van der Waals surface area (Å²) < 4.78 is 5.10. The van der Waals surface area contributed by atoms with Crippen LogP contribution in [0.2, 0.25) is 0 Å². The van der Waals surface area contributed by atoms with E-state index in [2.05, 4.69) is 5.16 Å². The van der Waals surface area contributed by atoms with Crippen molar-refractivity contribution in [1.82, 2.24) is 5.16 Å². The minimum atomic E-state index is -0.824. The van der Waals surface area contributed by atoms with Gasteiger partial charge in [-0.05, 0) is 19.4 Å². The van der Waals surface area contributed by atoms with Gasteiger partial charge in [-0.25, -0.2) is 0 Å². The highest BCUT2D eigenvalue weighted by molar-refractivity contribution is 5.67. The summed E-state index contributed by atoms with van der Waals surface area (Å²) in [6.45, 7) is 4.23. The first-order chi connectivity index (χ1) is 9.58. The standard InChI is InChI=1S/C15H18N2O3/c1-11-10-14(16-20-11)17(9-8-15(18)19)12(2)13-6-4-3-5-7-13/h3-7,10,12H,8-9H2,1-2H3,(H,18,19). The lowest BCUT2D eigenvalue weighted by Gasteiger charge is -2.28. The predicted octanol–water partition coefficient (Wildman–Crippen LogP) is 3.03. The maximum atomic E-state index is 10.8. The van der Waals surface area contributed by atoms with E-state index in [1.807, 2.05) is 55.1 Å². The second-order valence-electron chi connectivity index (χ2n) is 4.72. The monoisotopic (exact) mass is 274 g/mol. The third-order valence-corrected chi connectivity index (χ3v) is 3.23. The summed E-state index contributed by atoms with van der Waals surface area (Å²) in [5.74, 6) is 0.552. The molecule has 0 bridgehead atoms. The maximum absolute atomic E-state index is 10.8. The quantitative estimate of drug-likeness (QED) is 0.877. The molecule has 1 N–H and O–H groups in total. The van der Waals surface area contributed by atoms with Crippen molar-refractivity contribution in [2.45, 2.75) is 26.3 Å². The molecule has 1 atom stereocenters. The van der Waals surface area contributed by atoms with Gasteiger partial charge in [0.2, 0.25) is 0 Å². The van der Waals surface area contributed by atoms with E-state index < -0.39 is 5.97 Å². The minimum Gasteiger partial charge on any atom is -0.481 e. The molecule has 1 aromatic carbocycles. The van der Waals surface area contributed by atoms with Gasteiger partial charge in [0.05, 0.1) is 12.5 Å². The molecule has 0 aliphatic heterocycles. The van der Waals surface area contributed by atoms with E-state index in [4.69, 9.17) is 9.63 Å². The van der Waals surface area contributed by atoms with Crippen molar-refractivity contribution in [2.75, 3.05) is 11.4 Å². The van der Waals surface area contributed by atoms with Crippen LogP contribution < -0.4 is 4.90 Å². The van der Waals surface area contributed by atoms with Crippen molar-refractivity contribution in [3.05, 3.63) is 47.7 Å². The predicted molar refractivity (Wildman–Crippen MR) is 75.7 cm³/mol. The van der Waals surface area contributed by atoms with Crippen LogP contribution in [0.4, 0.5) is 5.82 Å². The molecule has 2 aromatic rings. The SMILES string of the molecule is Cc1cc(N(CCC(=O)O)C(C)c2ccccc2)no1. The molecule has 0 amide bonds. The van der Waals surface area contributed by atoms with Crippen LogP contribution in [-0.2, 0) is 4.79 Å². The molecular formula is C15H18N2O3. The van der Waals surface area contributed by atoms with E-state index in [1.54, 1.807) is 0 Å². The first-order valence-electron chi connectivity index (χ1n) is 6.54. The van der Waals surface area contributed by atoms with Gasteiger partial charge in [-0.15, -0.1) is 0 Å². The Hall–Kier alpha value is -2.30. The van der Waals surface area contributed by atoms with Gasteiger partial charge < -0.3 is 14.5 Å². The van der Waals surface area contributed by atoms with Gasteiger partial charge in [-0.1, -0.05) is 35.5 Å². The topological polar surface area (TPSA) is 66.6 Å². The molecule has 1 unspecified atom stereocenters. The van der Waals surface area contributed by atoms with Gasteiger partial charge in [0, 0.05) is 12.6 Å². The molecule has 1 aromatic heterocycles. The van der Waals surface area contributed by atoms with Gasteiger partial charge in [-0.3, -0.25) is 4.79 Å². The number of benzene rings is 1. The zero-order valence-electron chi connectivity index (χ0n) is 11.6. The average Bonchev–Trinajstić information content (AvgIpc) is 2.86. The Balaban J connectivity index is 2.24. The molecule has 1 heterocycles. The maximum Gasteiger partial charge on any atom is 0.305 e.